The van der Waals surface area contributed by atoms with E-state index >= 15 is 0 Å². The second-order valence-electron chi connectivity index (χ2n) is 4.39. The molecule has 62 valence electrons. The first-order chi connectivity index (χ1) is 4.96. The van der Waals surface area contributed by atoms with Gasteiger partial charge < -0.3 is 5.43 Å². The Hall–Kier alpha value is -0.750. The lowest BCUT2D eigenvalue weighted by molar-refractivity contribution is 0.164. The summed E-state index contributed by atoms with van der Waals surface area (Å²) in [6, 6.07) is 0. The second-order valence-corrected chi connectivity index (χ2v) is 4.39. The molecule has 0 bridgehead atoms. The van der Waals surface area contributed by atoms with Crippen LogP contribution in [0.4, 0.5) is 0 Å². The molecule has 0 unspecified atom stereocenters. The van der Waals surface area contributed by atoms with Crippen LogP contribution in [-0.2, 0) is 0 Å². The summed E-state index contributed by atoms with van der Waals surface area (Å²) < 4.78 is 0. The van der Waals surface area contributed by atoms with Crippen LogP contribution in [0.1, 0.15) is 27.7 Å². The molecule has 2 heteroatoms. The maximum Gasteiger partial charge on any atom is 0.0437 e. The molecule has 2 nitrogen and oxygen atoms in total. The highest BCUT2D eigenvalue weighted by atomic mass is 15.3. The van der Waals surface area contributed by atoms with Crippen LogP contribution in [0.25, 0.3) is 0 Å². The average molecular weight is 152 g/mol. The highest BCUT2D eigenvalue weighted by molar-refractivity contribution is 5.54. The Morgan fingerprint density at radius 2 is 2.18 bits per heavy atom. The van der Waals surface area contributed by atoms with Crippen molar-refractivity contribution in [2.75, 3.05) is 6.54 Å². The summed E-state index contributed by atoms with van der Waals surface area (Å²) in [6.07, 6.45) is 2.06. The second kappa shape index (κ2) is 2.38. The zero-order valence-electron chi connectivity index (χ0n) is 7.73. The van der Waals surface area contributed by atoms with Crippen LogP contribution in [0.5, 0.6) is 0 Å². The largest absolute Gasteiger partial charge is 0.301 e. The van der Waals surface area contributed by atoms with Crippen molar-refractivity contribution in [2.24, 2.45) is 15.9 Å². The van der Waals surface area contributed by atoms with Gasteiger partial charge in [0.15, 0.2) is 0 Å². The molecule has 0 aromatic carbocycles. The molecule has 0 saturated heterocycles. The molecule has 0 radical (unpaired) electrons. The van der Waals surface area contributed by atoms with Gasteiger partial charge in [-0.3, -0.25) is 0 Å². The van der Waals surface area contributed by atoms with Crippen molar-refractivity contribution < 1.29 is 0 Å². The van der Waals surface area contributed by atoms with Crippen molar-refractivity contribution in [1.29, 1.82) is 0 Å². The maximum atomic E-state index is 3.83. The van der Waals surface area contributed by atoms with E-state index in [9.17, 15) is 0 Å². The first kappa shape index (κ1) is 8.35. The van der Waals surface area contributed by atoms with E-state index in [1.54, 1.807) is 0 Å². The van der Waals surface area contributed by atoms with E-state index in [4.69, 9.17) is 0 Å². The molecule has 1 rings (SSSR count). The van der Waals surface area contributed by atoms with Gasteiger partial charge in [0.25, 0.3) is 0 Å². The Balaban J connectivity index is 2.91. The molecule has 1 aliphatic heterocycles. The number of hydrogen-bond acceptors (Lipinski definition) is 2. The Labute approximate surface area is 68.4 Å². The molecule has 1 aliphatic rings. The minimum absolute atomic E-state index is 0.175. The summed E-state index contributed by atoms with van der Waals surface area (Å²) >= 11 is 0. The first-order valence-electron chi connectivity index (χ1n) is 3.98. The molecule has 0 aromatic rings. The summed E-state index contributed by atoms with van der Waals surface area (Å²) in [5.41, 5.74) is 3.41. The lowest BCUT2D eigenvalue weighted by Crippen LogP contribution is -2.40. The lowest BCUT2D eigenvalue weighted by atomic mass is 9.68. The number of hydrogen-bond donors (Lipinski definition) is 1. The third-order valence-corrected chi connectivity index (χ3v) is 2.69. The van der Waals surface area contributed by atoms with Gasteiger partial charge in [0.05, 0.1) is 0 Å². The van der Waals surface area contributed by atoms with Crippen LogP contribution in [0.2, 0.25) is 0 Å². The molecular formula is C9H16N2. The molecule has 0 saturated carbocycles. The molecule has 1 N–H and O–H groups in total. The van der Waals surface area contributed by atoms with Crippen molar-refractivity contribution in [3.8, 4) is 0 Å². The minimum Gasteiger partial charge on any atom is -0.301 e. The van der Waals surface area contributed by atoms with Gasteiger partial charge in [-0.1, -0.05) is 27.7 Å². The highest BCUT2D eigenvalue weighted by Crippen LogP contribution is 2.38. The number of nitrogens with one attached hydrogen (secondary N) is 1. The number of nitrogens with zero attached hydrogens (tertiary/aromatic N) is 1. The minimum atomic E-state index is 0.175. The van der Waals surface area contributed by atoms with E-state index in [0.717, 1.165) is 6.54 Å². The van der Waals surface area contributed by atoms with E-state index in [1.165, 1.54) is 0 Å². The quantitative estimate of drug-likeness (QED) is 0.562. The van der Waals surface area contributed by atoms with E-state index in [1.807, 2.05) is 0 Å². The van der Waals surface area contributed by atoms with Gasteiger partial charge in [-0.25, -0.2) is 0 Å². The molecule has 0 spiro atoms. The van der Waals surface area contributed by atoms with Crippen molar-refractivity contribution in [2.45, 2.75) is 27.7 Å². The molecule has 1 atom stereocenters. The van der Waals surface area contributed by atoms with Crippen molar-refractivity contribution >= 4 is 5.87 Å². The molecule has 0 aromatic heterocycles. The number of rotatable bonds is 0. The fourth-order valence-electron chi connectivity index (χ4n) is 0.957. The van der Waals surface area contributed by atoms with Crippen LogP contribution in [0.15, 0.2) is 11.2 Å². The fraction of sp³-hybridized carbons (Fsp3) is 0.778. The third-order valence-electron chi connectivity index (χ3n) is 2.69. The molecule has 1 heterocycles. The Morgan fingerprint density at radius 3 is 2.45 bits per heavy atom. The Morgan fingerprint density at radius 1 is 1.55 bits per heavy atom. The van der Waals surface area contributed by atoms with E-state index < -0.39 is 0 Å². The SMILES string of the molecule is CC(C)(C)[C@@]1(C)C=C=NNC1. The predicted molar refractivity (Wildman–Crippen MR) is 47.6 cm³/mol. The summed E-state index contributed by atoms with van der Waals surface area (Å²) in [5.74, 6) is 2.87. The maximum absolute atomic E-state index is 3.83. The zero-order chi connectivity index (χ0) is 8.54. The van der Waals surface area contributed by atoms with Gasteiger partial charge in [-0.15, -0.1) is 5.10 Å². The molecule has 11 heavy (non-hydrogen) atoms. The van der Waals surface area contributed by atoms with Gasteiger partial charge in [0.1, 0.15) is 0 Å². The van der Waals surface area contributed by atoms with Crippen LogP contribution in [0.3, 0.4) is 0 Å². The van der Waals surface area contributed by atoms with Gasteiger partial charge in [-0.05, 0) is 11.5 Å². The van der Waals surface area contributed by atoms with E-state index in [2.05, 4.69) is 50.2 Å². The Bertz CT molecular complexity index is 206. The molecular weight excluding hydrogens is 136 g/mol. The standard InChI is InChI=1S/C9H16N2/c1-8(2,3)9(4)5-6-10-11-7-9/h5,11H,7H2,1-4H3/t9-/m0/s1. The van der Waals surface area contributed by atoms with Crippen LogP contribution >= 0.6 is 0 Å². The normalized spacial score (nSPS) is 30.2. The predicted octanol–water partition coefficient (Wildman–Crippen LogP) is 1.78. The third kappa shape index (κ3) is 1.46. The highest BCUT2D eigenvalue weighted by Gasteiger charge is 2.36. The van der Waals surface area contributed by atoms with Crippen LogP contribution in [0, 0.1) is 10.8 Å². The van der Waals surface area contributed by atoms with Crippen molar-refractivity contribution in [3.63, 3.8) is 0 Å². The van der Waals surface area contributed by atoms with E-state index in [0.29, 0.717) is 0 Å². The topological polar surface area (TPSA) is 24.4 Å². The first-order valence-corrected chi connectivity index (χ1v) is 3.98. The molecule has 0 fully saturated rings. The summed E-state index contributed by atoms with van der Waals surface area (Å²) in [7, 11) is 0. The van der Waals surface area contributed by atoms with E-state index in [-0.39, 0.29) is 10.8 Å². The number of hydrazone groups is 1. The van der Waals surface area contributed by atoms with Gasteiger partial charge >= 0.3 is 0 Å². The van der Waals surface area contributed by atoms with Gasteiger partial charge in [0, 0.05) is 17.8 Å². The summed E-state index contributed by atoms with van der Waals surface area (Å²) in [6.45, 7) is 9.83. The Kier molecular flexibility index (Phi) is 1.81. The zero-order valence-corrected chi connectivity index (χ0v) is 7.73. The lowest BCUT2D eigenvalue weighted by Gasteiger charge is -2.39. The van der Waals surface area contributed by atoms with Crippen molar-refractivity contribution in [3.05, 3.63) is 6.08 Å². The van der Waals surface area contributed by atoms with Gasteiger partial charge in [0.2, 0.25) is 0 Å². The van der Waals surface area contributed by atoms with Crippen LogP contribution < -0.4 is 5.43 Å². The monoisotopic (exact) mass is 152 g/mol. The smallest absolute Gasteiger partial charge is 0.0437 e. The van der Waals surface area contributed by atoms with Crippen LogP contribution in [-0.4, -0.2) is 12.4 Å². The summed E-state index contributed by atoms with van der Waals surface area (Å²) in [5, 5.41) is 3.83. The van der Waals surface area contributed by atoms with Crippen molar-refractivity contribution in [1.82, 2.24) is 5.43 Å². The fourth-order valence-corrected chi connectivity index (χ4v) is 0.957. The average Bonchev–Trinajstić information content (AvgIpc) is 1.87. The molecule has 0 amide bonds. The molecule has 0 aliphatic carbocycles. The summed E-state index contributed by atoms with van der Waals surface area (Å²) in [4.78, 5) is 0. The van der Waals surface area contributed by atoms with Gasteiger partial charge in [-0.2, -0.15) is 0 Å².